The van der Waals surface area contributed by atoms with Gasteiger partial charge >= 0.3 is 0 Å². The lowest BCUT2D eigenvalue weighted by Crippen LogP contribution is -2.41. The number of primary amides is 1. The van der Waals surface area contributed by atoms with Crippen molar-refractivity contribution >= 4 is 40.3 Å². The lowest BCUT2D eigenvalue weighted by molar-refractivity contribution is -0.135. The van der Waals surface area contributed by atoms with E-state index in [4.69, 9.17) is 16.6 Å². The number of anilines is 2. The Bertz CT molecular complexity index is 2200. The summed E-state index contributed by atoms with van der Waals surface area (Å²) in [6.45, 7) is 5.04. The minimum absolute atomic E-state index is 0.00997. The lowest BCUT2D eigenvalue weighted by atomic mass is 10.0. The Kier molecular flexibility index (Phi) is 8.38. The number of nitrogen functional groups attached to an aromatic ring is 1. The Balaban J connectivity index is 1.18. The Labute approximate surface area is 286 Å². The maximum atomic E-state index is 13.8. The molecule has 5 N–H and O–H groups in total. The van der Waals surface area contributed by atoms with Crippen LogP contribution in [0.25, 0.3) is 28.0 Å². The number of nitrogens with two attached hydrogens (primary N) is 2. The van der Waals surface area contributed by atoms with E-state index >= 15 is 0 Å². The third-order valence-electron chi connectivity index (χ3n) is 9.36. The highest BCUT2D eigenvalue weighted by atomic mass is 19.1. The Morgan fingerprint density at radius 3 is 2.26 bits per heavy atom. The van der Waals surface area contributed by atoms with Gasteiger partial charge in [0, 0.05) is 35.9 Å². The van der Waals surface area contributed by atoms with Gasteiger partial charge in [0.1, 0.15) is 34.9 Å². The first kappa shape index (κ1) is 32.6. The second-order valence-corrected chi connectivity index (χ2v) is 13.1. The third kappa shape index (κ3) is 5.97. The predicted octanol–water partition coefficient (Wildman–Crippen LogP) is 4.41. The fourth-order valence-corrected chi connectivity index (χ4v) is 6.65. The van der Waals surface area contributed by atoms with Crippen molar-refractivity contribution in [3.8, 4) is 16.9 Å². The number of amides is 3. The van der Waals surface area contributed by atoms with Crippen LogP contribution in [0.4, 0.5) is 15.9 Å². The van der Waals surface area contributed by atoms with E-state index in [1.54, 1.807) is 24.3 Å². The fraction of sp³-hybridized carbons (Fsp3) is 0.306. The molecule has 0 atom stereocenters. The first-order valence-electron chi connectivity index (χ1n) is 16.6. The number of carbonyl (C=O) groups is 3. The smallest absolute Gasteiger partial charge is 0.268 e. The molecule has 2 aliphatic rings. The van der Waals surface area contributed by atoms with Gasteiger partial charge in [-0.15, -0.1) is 0 Å². The molecule has 1 aliphatic carbocycles. The molecule has 0 unspecified atom stereocenters. The van der Waals surface area contributed by atoms with E-state index in [9.17, 15) is 23.6 Å². The van der Waals surface area contributed by atoms with Crippen molar-refractivity contribution in [2.24, 2.45) is 11.7 Å². The number of fused-ring (bicyclic) bond motifs is 1. The number of pyridine rings is 1. The van der Waals surface area contributed by atoms with Crippen LogP contribution >= 0.6 is 0 Å². The first-order valence-corrected chi connectivity index (χ1v) is 16.6. The molecule has 2 fully saturated rings. The standard InChI is InChI=1S/C36H36FN9O4/c1-19(2)35(49)44-15-13-25(14-16-44)46-33-28(31(38)40-18-41-33)29(43-46)21-5-9-23(10-6-21)42-34(48)27-17-26(20-3-4-20)30(32(39)47)45(36(27)50)24-11-7-22(37)8-12-24/h5-12,17-20,25H,3-4,13-16H2,1-2H3,(H2,39,47)(H,42,48)(H2,38,40,41). The summed E-state index contributed by atoms with van der Waals surface area (Å²) in [6.07, 6.45) is 4.40. The average Bonchev–Trinajstić information content (AvgIpc) is 3.88. The Morgan fingerprint density at radius 1 is 0.960 bits per heavy atom. The SMILES string of the molecule is CC(C)C(=O)N1CCC(n2nc(-c3ccc(NC(=O)c4cc(C5CC5)c(C(N)=O)n(-c5ccc(F)cc5)c4=O)cc3)c3c(N)ncnc32)CC1. The summed E-state index contributed by atoms with van der Waals surface area (Å²) in [7, 11) is 0. The monoisotopic (exact) mass is 677 g/mol. The zero-order valence-corrected chi connectivity index (χ0v) is 27.6. The van der Waals surface area contributed by atoms with E-state index < -0.39 is 23.2 Å². The van der Waals surface area contributed by atoms with Crippen molar-refractivity contribution in [1.82, 2.24) is 29.2 Å². The minimum Gasteiger partial charge on any atom is -0.383 e. The minimum atomic E-state index is -0.816. The van der Waals surface area contributed by atoms with Crippen LogP contribution in [0.2, 0.25) is 0 Å². The molecule has 1 aliphatic heterocycles. The van der Waals surface area contributed by atoms with Crippen molar-refractivity contribution in [3.63, 3.8) is 0 Å². The Morgan fingerprint density at radius 2 is 1.64 bits per heavy atom. The molecule has 3 aromatic heterocycles. The molecule has 2 aromatic carbocycles. The highest BCUT2D eigenvalue weighted by Crippen LogP contribution is 2.42. The molecule has 256 valence electrons. The summed E-state index contributed by atoms with van der Waals surface area (Å²) in [5.41, 5.74) is 14.1. The second-order valence-electron chi connectivity index (χ2n) is 13.1. The van der Waals surface area contributed by atoms with Crippen LogP contribution < -0.4 is 22.3 Å². The second kappa shape index (κ2) is 12.8. The molecule has 0 radical (unpaired) electrons. The normalized spacial score (nSPS) is 15.1. The number of nitrogens with one attached hydrogen (secondary N) is 1. The molecule has 0 spiro atoms. The van der Waals surface area contributed by atoms with Gasteiger partial charge in [-0.3, -0.25) is 23.7 Å². The number of piperidine rings is 1. The largest absolute Gasteiger partial charge is 0.383 e. The number of hydrogen-bond acceptors (Lipinski definition) is 8. The van der Waals surface area contributed by atoms with E-state index in [0.29, 0.717) is 46.6 Å². The molecule has 4 heterocycles. The molecule has 0 bridgehead atoms. The van der Waals surface area contributed by atoms with Crippen molar-refractivity contribution in [3.05, 3.63) is 93.9 Å². The van der Waals surface area contributed by atoms with Crippen molar-refractivity contribution in [2.45, 2.75) is 51.5 Å². The molecule has 5 aromatic rings. The zero-order valence-electron chi connectivity index (χ0n) is 27.6. The Hall–Kier alpha value is -5.92. The molecule has 13 nitrogen and oxygen atoms in total. The summed E-state index contributed by atoms with van der Waals surface area (Å²) in [6, 6.07) is 13.4. The van der Waals surface area contributed by atoms with E-state index in [0.717, 1.165) is 30.3 Å². The molecule has 1 saturated carbocycles. The highest BCUT2D eigenvalue weighted by Gasteiger charge is 2.33. The maximum absolute atomic E-state index is 13.8. The van der Waals surface area contributed by atoms with E-state index in [1.165, 1.54) is 36.7 Å². The summed E-state index contributed by atoms with van der Waals surface area (Å²) in [5.74, 6) is -1.68. The lowest BCUT2D eigenvalue weighted by Gasteiger charge is -2.33. The molecular formula is C36H36FN9O4. The van der Waals surface area contributed by atoms with E-state index in [2.05, 4.69) is 15.3 Å². The number of likely N-dealkylation sites (tertiary alicyclic amines) is 1. The summed E-state index contributed by atoms with van der Waals surface area (Å²) < 4.78 is 16.7. The van der Waals surface area contributed by atoms with Crippen molar-refractivity contribution in [2.75, 3.05) is 24.1 Å². The molecule has 3 amide bonds. The summed E-state index contributed by atoms with van der Waals surface area (Å²) in [5, 5.41) is 8.33. The van der Waals surface area contributed by atoms with E-state index in [1.807, 2.05) is 23.4 Å². The molecule has 1 saturated heterocycles. The number of rotatable bonds is 8. The van der Waals surface area contributed by atoms with Crippen LogP contribution in [-0.2, 0) is 4.79 Å². The molecule has 14 heteroatoms. The molecular weight excluding hydrogens is 641 g/mol. The van der Waals surface area contributed by atoms with Crippen molar-refractivity contribution < 1.29 is 18.8 Å². The van der Waals surface area contributed by atoms with Gasteiger partial charge in [-0.1, -0.05) is 26.0 Å². The number of nitrogens with zero attached hydrogens (tertiary/aromatic N) is 6. The van der Waals surface area contributed by atoms with Crippen LogP contribution in [0.3, 0.4) is 0 Å². The van der Waals surface area contributed by atoms with Gasteiger partial charge < -0.3 is 21.7 Å². The van der Waals surface area contributed by atoms with Gasteiger partial charge in [0.2, 0.25) is 5.91 Å². The van der Waals surface area contributed by atoms with Gasteiger partial charge in [0.25, 0.3) is 17.4 Å². The third-order valence-corrected chi connectivity index (χ3v) is 9.36. The number of aromatic nitrogens is 5. The van der Waals surface area contributed by atoms with Crippen LogP contribution in [0.5, 0.6) is 0 Å². The zero-order chi connectivity index (χ0) is 35.3. The van der Waals surface area contributed by atoms with Crippen LogP contribution in [0.1, 0.15) is 77.9 Å². The number of halogens is 1. The topological polar surface area (TPSA) is 184 Å². The number of hydrogen-bond donors (Lipinski definition) is 3. The quantitative estimate of drug-likeness (QED) is 0.216. The fourth-order valence-electron chi connectivity index (χ4n) is 6.65. The van der Waals surface area contributed by atoms with Gasteiger partial charge in [-0.2, -0.15) is 5.10 Å². The van der Waals surface area contributed by atoms with Gasteiger partial charge in [-0.25, -0.2) is 19.0 Å². The molecule has 50 heavy (non-hydrogen) atoms. The number of carbonyl (C=O) groups excluding carboxylic acids is 3. The number of benzene rings is 2. The summed E-state index contributed by atoms with van der Waals surface area (Å²) in [4.78, 5) is 63.1. The molecule has 7 rings (SSSR count). The maximum Gasteiger partial charge on any atom is 0.268 e. The van der Waals surface area contributed by atoms with Crippen molar-refractivity contribution in [1.29, 1.82) is 0 Å². The first-order chi connectivity index (χ1) is 24.0. The van der Waals surface area contributed by atoms with Crippen LogP contribution in [0, 0.1) is 11.7 Å². The highest BCUT2D eigenvalue weighted by molar-refractivity contribution is 6.05. The van der Waals surface area contributed by atoms with Crippen LogP contribution in [-0.4, -0.2) is 60.0 Å². The van der Waals surface area contributed by atoms with Gasteiger partial charge in [0.05, 0.1) is 11.4 Å². The van der Waals surface area contributed by atoms with Gasteiger partial charge in [0.15, 0.2) is 5.65 Å². The average molecular weight is 678 g/mol. The van der Waals surface area contributed by atoms with Crippen LogP contribution in [0.15, 0.2) is 65.7 Å². The van der Waals surface area contributed by atoms with E-state index in [-0.39, 0.29) is 46.5 Å². The van der Waals surface area contributed by atoms with Gasteiger partial charge in [-0.05, 0) is 79.6 Å². The predicted molar refractivity (Wildman–Crippen MR) is 185 cm³/mol. The summed E-state index contributed by atoms with van der Waals surface area (Å²) >= 11 is 0.